The minimum absolute atomic E-state index is 0.343. The molecule has 0 bridgehead atoms. The Labute approximate surface area is 93.1 Å². The van der Waals surface area contributed by atoms with Gasteiger partial charge in [0.25, 0.3) is 0 Å². The summed E-state index contributed by atoms with van der Waals surface area (Å²) in [5.74, 6) is 0. The maximum absolute atomic E-state index is 11.7. The van der Waals surface area contributed by atoms with Crippen molar-refractivity contribution in [1.82, 2.24) is 0 Å². The molecule has 0 aromatic heterocycles. The summed E-state index contributed by atoms with van der Waals surface area (Å²) in [7, 11) is -3.29. The lowest BCUT2D eigenvalue weighted by Crippen LogP contribution is -2.28. The number of hydrogen-bond donors (Lipinski definition) is 1. The van der Waals surface area contributed by atoms with Crippen molar-refractivity contribution in [2.75, 3.05) is 0 Å². The Hall–Kier alpha value is -0.350. The Morgan fingerprint density at radius 3 is 1.73 bits per heavy atom. The first-order valence-corrected chi connectivity index (χ1v) is 6.53. The van der Waals surface area contributed by atoms with Crippen LogP contribution >= 0.6 is 0 Å². The summed E-state index contributed by atoms with van der Waals surface area (Å²) in [5, 5.41) is 10.8. The third kappa shape index (κ3) is 4.34. The molecule has 3 nitrogen and oxygen atoms in total. The predicted octanol–water partition coefficient (Wildman–Crippen LogP) is 2.12. The summed E-state index contributed by atoms with van der Waals surface area (Å²) in [6.07, 6.45) is 0.593. The van der Waals surface area contributed by atoms with E-state index in [1.54, 1.807) is 20.8 Å². The van der Waals surface area contributed by atoms with Crippen molar-refractivity contribution in [3.63, 3.8) is 0 Å². The second-order valence-corrected chi connectivity index (χ2v) is 8.38. The predicted molar refractivity (Wildman–Crippen MR) is 63.3 cm³/mol. The fourth-order valence-corrected chi connectivity index (χ4v) is 1.43. The van der Waals surface area contributed by atoms with Gasteiger partial charge in [0.15, 0.2) is 9.84 Å². The highest BCUT2D eigenvalue weighted by atomic mass is 32.2. The van der Waals surface area contributed by atoms with E-state index in [9.17, 15) is 13.5 Å². The lowest BCUT2D eigenvalue weighted by molar-refractivity contribution is 0.105. The first-order chi connectivity index (χ1) is 6.38. The van der Waals surface area contributed by atoms with E-state index in [1.165, 1.54) is 6.08 Å². The molecule has 0 unspecified atom stereocenters. The summed E-state index contributed by atoms with van der Waals surface area (Å²) in [6.45, 7) is 10.5. The molecule has 0 rings (SSSR count). The van der Waals surface area contributed by atoms with Crippen LogP contribution in [0.15, 0.2) is 11.5 Å². The van der Waals surface area contributed by atoms with Gasteiger partial charge in [-0.25, -0.2) is 8.42 Å². The molecule has 1 N–H and O–H groups in total. The van der Waals surface area contributed by atoms with Crippen LogP contribution in [0.5, 0.6) is 0 Å². The molecular weight excluding hydrogens is 212 g/mol. The van der Waals surface area contributed by atoms with Gasteiger partial charge < -0.3 is 5.11 Å². The van der Waals surface area contributed by atoms with Gasteiger partial charge in [0.2, 0.25) is 0 Å². The molecule has 0 saturated heterocycles. The molecule has 1 atom stereocenters. The van der Waals surface area contributed by atoms with Gasteiger partial charge in [-0.2, -0.15) is 0 Å². The molecule has 0 aliphatic carbocycles. The van der Waals surface area contributed by atoms with Crippen LogP contribution in [0.4, 0.5) is 0 Å². The minimum Gasteiger partial charge on any atom is -0.388 e. The van der Waals surface area contributed by atoms with Crippen LogP contribution in [-0.4, -0.2) is 24.4 Å². The largest absolute Gasteiger partial charge is 0.388 e. The van der Waals surface area contributed by atoms with E-state index in [0.717, 1.165) is 5.41 Å². The molecule has 0 spiro atoms. The number of aliphatic hydroxyl groups excluding tert-OH is 1. The van der Waals surface area contributed by atoms with Crippen LogP contribution in [0.2, 0.25) is 0 Å². The highest BCUT2D eigenvalue weighted by Crippen LogP contribution is 2.22. The molecule has 0 saturated carbocycles. The molecule has 0 heterocycles. The number of rotatable bonds is 2. The maximum Gasteiger partial charge on any atom is 0.176 e. The summed E-state index contributed by atoms with van der Waals surface area (Å²) < 4.78 is 22.6. The van der Waals surface area contributed by atoms with E-state index >= 15 is 0 Å². The molecule has 0 aliphatic rings. The number of hydrogen-bond acceptors (Lipinski definition) is 3. The normalized spacial score (nSPS) is 17.0. The zero-order valence-electron chi connectivity index (χ0n) is 10.4. The molecule has 4 heteroatoms. The molecule has 0 radical (unpaired) electrons. The van der Waals surface area contributed by atoms with E-state index in [1.807, 2.05) is 20.8 Å². The van der Waals surface area contributed by atoms with Crippen molar-refractivity contribution < 1.29 is 13.5 Å². The average molecular weight is 234 g/mol. The number of aliphatic hydroxyl groups is 1. The highest BCUT2D eigenvalue weighted by Gasteiger charge is 2.27. The Kier molecular flexibility index (Phi) is 4.16. The van der Waals surface area contributed by atoms with Crippen LogP contribution in [0.25, 0.3) is 0 Å². The van der Waals surface area contributed by atoms with E-state index < -0.39 is 20.7 Å². The topological polar surface area (TPSA) is 54.4 Å². The summed E-state index contributed by atoms with van der Waals surface area (Å²) >= 11 is 0. The van der Waals surface area contributed by atoms with Gasteiger partial charge in [-0.1, -0.05) is 20.8 Å². The lowest BCUT2D eigenvalue weighted by atomic mass is 9.89. The van der Waals surface area contributed by atoms with Crippen molar-refractivity contribution in [2.45, 2.75) is 52.4 Å². The summed E-state index contributed by atoms with van der Waals surface area (Å²) in [4.78, 5) is 0. The molecule has 0 aliphatic heterocycles. The molecule has 0 aromatic carbocycles. The van der Waals surface area contributed by atoms with Crippen molar-refractivity contribution >= 4 is 9.84 Å². The lowest BCUT2D eigenvalue weighted by Gasteiger charge is -2.23. The van der Waals surface area contributed by atoms with Gasteiger partial charge in [-0.3, -0.25) is 0 Å². The average Bonchev–Trinajstić information content (AvgIpc) is 1.96. The summed E-state index contributed by atoms with van der Waals surface area (Å²) in [5.41, 5.74) is -0.343. The third-order valence-corrected chi connectivity index (χ3v) is 4.40. The van der Waals surface area contributed by atoms with Crippen LogP contribution < -0.4 is 0 Å². The van der Waals surface area contributed by atoms with E-state index in [2.05, 4.69) is 0 Å². The molecular formula is C11H22O3S. The Morgan fingerprint density at radius 2 is 1.47 bits per heavy atom. The van der Waals surface area contributed by atoms with Crippen LogP contribution in [-0.2, 0) is 9.84 Å². The van der Waals surface area contributed by atoms with Crippen LogP contribution in [0.3, 0.4) is 0 Å². The Morgan fingerprint density at radius 1 is 1.07 bits per heavy atom. The monoisotopic (exact) mass is 234 g/mol. The maximum atomic E-state index is 11.7. The van der Waals surface area contributed by atoms with E-state index in [-0.39, 0.29) is 5.41 Å². The fraction of sp³-hybridized carbons (Fsp3) is 0.818. The summed E-state index contributed by atoms with van der Waals surface area (Å²) in [6, 6.07) is 0. The highest BCUT2D eigenvalue weighted by molar-refractivity contribution is 7.95. The van der Waals surface area contributed by atoms with Crippen molar-refractivity contribution in [1.29, 1.82) is 0 Å². The second-order valence-electron chi connectivity index (χ2n) is 5.80. The first kappa shape index (κ1) is 14.6. The quantitative estimate of drug-likeness (QED) is 0.796. The van der Waals surface area contributed by atoms with Gasteiger partial charge in [0.05, 0.1) is 10.9 Å². The minimum atomic E-state index is -3.29. The standard InChI is InChI=1S/C11H22O3S/c1-10(2,3)9(12)7-8-15(13,14)11(4,5)6/h7-9,12H,1-6H3/b8-7+/t9-/m0/s1. The first-order valence-electron chi connectivity index (χ1n) is 4.99. The van der Waals surface area contributed by atoms with Crippen molar-refractivity contribution in [3.8, 4) is 0 Å². The van der Waals surface area contributed by atoms with Gasteiger partial charge in [-0.15, -0.1) is 0 Å². The van der Waals surface area contributed by atoms with Gasteiger partial charge in [0.1, 0.15) is 0 Å². The SMILES string of the molecule is CC(C)(C)[C@@H](O)/C=C/S(=O)(=O)C(C)(C)C. The molecule has 0 fully saturated rings. The Bertz CT molecular complexity index is 326. The molecule has 15 heavy (non-hydrogen) atoms. The molecule has 0 aromatic rings. The smallest absolute Gasteiger partial charge is 0.176 e. The van der Waals surface area contributed by atoms with Gasteiger partial charge in [-0.05, 0) is 32.3 Å². The fourth-order valence-electron chi connectivity index (χ4n) is 0.671. The second kappa shape index (κ2) is 4.26. The van der Waals surface area contributed by atoms with Crippen LogP contribution in [0, 0.1) is 5.41 Å². The molecule has 90 valence electrons. The molecule has 0 amide bonds. The Balaban J connectivity index is 4.85. The zero-order valence-corrected chi connectivity index (χ0v) is 11.2. The number of sulfone groups is 1. The van der Waals surface area contributed by atoms with Gasteiger partial charge >= 0.3 is 0 Å². The van der Waals surface area contributed by atoms with E-state index in [4.69, 9.17) is 0 Å². The van der Waals surface area contributed by atoms with Gasteiger partial charge in [0, 0.05) is 5.41 Å². The zero-order chi connectivity index (χ0) is 12.5. The van der Waals surface area contributed by atoms with Crippen molar-refractivity contribution in [3.05, 3.63) is 11.5 Å². The van der Waals surface area contributed by atoms with E-state index in [0.29, 0.717) is 0 Å². The third-order valence-electron chi connectivity index (χ3n) is 2.18. The van der Waals surface area contributed by atoms with Crippen molar-refractivity contribution in [2.24, 2.45) is 5.41 Å². The van der Waals surface area contributed by atoms with Crippen LogP contribution in [0.1, 0.15) is 41.5 Å².